The van der Waals surface area contributed by atoms with E-state index >= 15 is 0 Å². The van der Waals surface area contributed by atoms with Gasteiger partial charge in [0, 0.05) is 11.8 Å². The lowest BCUT2D eigenvalue weighted by Crippen LogP contribution is -2.09. The molecule has 0 aromatic carbocycles. The molecule has 1 heterocycles. The first-order chi connectivity index (χ1) is 6.63. The number of carbonyl (C=O) groups excluding carboxylic acids is 2. The molecule has 0 radical (unpaired) electrons. The highest BCUT2D eigenvalue weighted by molar-refractivity contribution is 6.05. The van der Waals surface area contributed by atoms with E-state index in [1.165, 1.54) is 13.3 Å². The summed E-state index contributed by atoms with van der Waals surface area (Å²) in [6.07, 6.45) is 1.78. The zero-order valence-corrected chi connectivity index (χ0v) is 7.49. The van der Waals surface area contributed by atoms with Gasteiger partial charge in [-0.3, -0.25) is 14.6 Å². The number of halogens is 1. The summed E-state index contributed by atoms with van der Waals surface area (Å²) in [7, 11) is 1.18. The molecule has 0 bridgehead atoms. The largest absolute Gasteiger partial charge is 0.469 e. The summed E-state index contributed by atoms with van der Waals surface area (Å²) < 4.78 is 16.9. The molecule has 0 saturated carbocycles. The zero-order valence-electron chi connectivity index (χ0n) is 7.49. The number of esters is 1. The third-order valence-corrected chi connectivity index (χ3v) is 1.56. The van der Waals surface area contributed by atoms with E-state index in [1.54, 1.807) is 0 Å². The lowest BCUT2D eigenvalue weighted by molar-refractivity contribution is -0.139. The van der Waals surface area contributed by atoms with Gasteiger partial charge in [0.15, 0.2) is 5.78 Å². The Balaban J connectivity index is 2.75. The number of methoxy groups -OCH3 is 1. The van der Waals surface area contributed by atoms with Crippen LogP contribution in [0.15, 0.2) is 18.5 Å². The van der Waals surface area contributed by atoms with E-state index in [0.717, 1.165) is 12.3 Å². The summed E-state index contributed by atoms with van der Waals surface area (Å²) in [6, 6.07) is 1.03. The Kier molecular flexibility index (Phi) is 3.28. The van der Waals surface area contributed by atoms with Gasteiger partial charge in [-0.05, 0) is 6.07 Å². The molecule has 0 fully saturated rings. The van der Waals surface area contributed by atoms with E-state index in [4.69, 9.17) is 0 Å². The van der Waals surface area contributed by atoms with Crippen molar-refractivity contribution in [3.05, 3.63) is 29.8 Å². The van der Waals surface area contributed by atoms with Gasteiger partial charge in [-0.25, -0.2) is 4.39 Å². The first kappa shape index (κ1) is 10.3. The minimum atomic E-state index is -0.653. The van der Waals surface area contributed by atoms with Gasteiger partial charge in [0.05, 0.1) is 13.3 Å². The molecule has 0 amide bonds. The number of rotatable bonds is 3. The summed E-state index contributed by atoms with van der Waals surface area (Å²) in [5.41, 5.74) is 0.0652. The smallest absolute Gasteiger partial charge is 0.313 e. The molecule has 0 N–H and O–H groups in total. The second kappa shape index (κ2) is 4.45. The standard InChI is InChI=1S/C9H8FNO3/c1-14-9(13)3-8(12)6-2-7(10)5-11-4-6/h2,4-5H,3H2,1H3. The molecular formula is C9H8FNO3. The molecule has 74 valence electrons. The fourth-order valence-electron chi connectivity index (χ4n) is 0.870. The third-order valence-electron chi connectivity index (χ3n) is 1.56. The van der Waals surface area contributed by atoms with Crippen molar-refractivity contribution >= 4 is 11.8 Å². The van der Waals surface area contributed by atoms with Crippen LogP contribution in [0, 0.1) is 5.82 Å². The summed E-state index contributed by atoms with van der Waals surface area (Å²) in [6.45, 7) is 0. The summed E-state index contributed by atoms with van der Waals surface area (Å²) in [5, 5.41) is 0. The number of nitrogens with zero attached hydrogens (tertiary/aromatic N) is 1. The van der Waals surface area contributed by atoms with Gasteiger partial charge >= 0.3 is 5.97 Å². The predicted molar refractivity (Wildman–Crippen MR) is 45.2 cm³/mol. The second-order valence-corrected chi connectivity index (χ2v) is 2.57. The van der Waals surface area contributed by atoms with Crippen molar-refractivity contribution in [2.45, 2.75) is 6.42 Å². The van der Waals surface area contributed by atoms with Gasteiger partial charge < -0.3 is 4.74 Å². The Bertz CT molecular complexity index is 365. The molecule has 0 atom stereocenters. The maximum absolute atomic E-state index is 12.6. The molecule has 1 aromatic heterocycles. The van der Waals surface area contributed by atoms with Crippen LogP contribution in [0.2, 0.25) is 0 Å². The van der Waals surface area contributed by atoms with Crippen molar-refractivity contribution in [3.8, 4) is 0 Å². The fraction of sp³-hybridized carbons (Fsp3) is 0.222. The van der Waals surface area contributed by atoms with E-state index in [1.807, 2.05) is 0 Å². The topological polar surface area (TPSA) is 56.3 Å². The first-order valence-corrected chi connectivity index (χ1v) is 3.84. The number of carbonyl (C=O) groups is 2. The predicted octanol–water partition coefficient (Wildman–Crippen LogP) is 0.967. The van der Waals surface area contributed by atoms with E-state index in [2.05, 4.69) is 9.72 Å². The van der Waals surface area contributed by atoms with Gasteiger partial charge in [-0.2, -0.15) is 0 Å². The zero-order chi connectivity index (χ0) is 10.6. The Hall–Kier alpha value is -1.78. The molecular weight excluding hydrogens is 189 g/mol. The summed E-state index contributed by atoms with van der Waals surface area (Å²) in [5.74, 6) is -1.77. The van der Waals surface area contributed by atoms with Crippen molar-refractivity contribution in [1.82, 2.24) is 4.98 Å². The number of hydrogen-bond donors (Lipinski definition) is 0. The van der Waals surface area contributed by atoms with Crippen molar-refractivity contribution in [2.24, 2.45) is 0 Å². The van der Waals surface area contributed by atoms with Crippen LogP contribution < -0.4 is 0 Å². The van der Waals surface area contributed by atoms with Crippen molar-refractivity contribution in [3.63, 3.8) is 0 Å². The van der Waals surface area contributed by atoms with Gasteiger partial charge in [-0.15, -0.1) is 0 Å². The Morgan fingerprint density at radius 1 is 1.50 bits per heavy atom. The van der Waals surface area contributed by atoms with Crippen LogP contribution in [0.1, 0.15) is 16.8 Å². The van der Waals surface area contributed by atoms with E-state index in [0.29, 0.717) is 0 Å². The molecule has 14 heavy (non-hydrogen) atoms. The molecule has 1 aromatic rings. The van der Waals surface area contributed by atoms with Crippen LogP contribution >= 0.6 is 0 Å². The number of pyridine rings is 1. The van der Waals surface area contributed by atoms with Gasteiger partial charge in [-0.1, -0.05) is 0 Å². The highest BCUT2D eigenvalue weighted by Crippen LogP contribution is 2.04. The van der Waals surface area contributed by atoms with E-state index < -0.39 is 24.0 Å². The van der Waals surface area contributed by atoms with Crippen LogP contribution in [0.25, 0.3) is 0 Å². The van der Waals surface area contributed by atoms with Gasteiger partial charge in [0.25, 0.3) is 0 Å². The SMILES string of the molecule is COC(=O)CC(=O)c1cncc(F)c1. The first-order valence-electron chi connectivity index (χ1n) is 3.84. The average Bonchev–Trinajstić information content (AvgIpc) is 2.17. The summed E-state index contributed by atoms with van der Waals surface area (Å²) in [4.78, 5) is 25.5. The van der Waals surface area contributed by atoms with Crippen LogP contribution in [0.5, 0.6) is 0 Å². The lowest BCUT2D eigenvalue weighted by atomic mass is 10.1. The monoisotopic (exact) mass is 197 g/mol. The Morgan fingerprint density at radius 2 is 2.21 bits per heavy atom. The molecule has 0 unspecified atom stereocenters. The van der Waals surface area contributed by atoms with E-state index in [-0.39, 0.29) is 5.56 Å². The highest BCUT2D eigenvalue weighted by Gasteiger charge is 2.12. The van der Waals surface area contributed by atoms with Crippen molar-refractivity contribution < 1.29 is 18.7 Å². The van der Waals surface area contributed by atoms with Crippen molar-refractivity contribution in [2.75, 3.05) is 7.11 Å². The molecule has 0 aliphatic heterocycles. The van der Waals surface area contributed by atoms with Gasteiger partial charge in [0.2, 0.25) is 0 Å². The second-order valence-electron chi connectivity index (χ2n) is 2.57. The quantitative estimate of drug-likeness (QED) is 0.411. The number of Topliss-reactive ketones (excluding diaryl/α,β-unsaturated/α-hetero) is 1. The summed E-state index contributed by atoms with van der Waals surface area (Å²) >= 11 is 0. The van der Waals surface area contributed by atoms with Gasteiger partial charge in [0.1, 0.15) is 12.2 Å². The minimum Gasteiger partial charge on any atom is -0.469 e. The van der Waals surface area contributed by atoms with Crippen LogP contribution in [0.4, 0.5) is 4.39 Å². The van der Waals surface area contributed by atoms with Crippen LogP contribution in [-0.4, -0.2) is 23.8 Å². The molecule has 0 aliphatic carbocycles. The number of aromatic nitrogens is 1. The highest BCUT2D eigenvalue weighted by atomic mass is 19.1. The molecule has 0 spiro atoms. The maximum Gasteiger partial charge on any atom is 0.313 e. The number of ketones is 1. The molecule has 0 aliphatic rings. The molecule has 0 saturated heterocycles. The van der Waals surface area contributed by atoms with E-state index in [9.17, 15) is 14.0 Å². The molecule has 5 heteroatoms. The van der Waals surface area contributed by atoms with Crippen LogP contribution in [-0.2, 0) is 9.53 Å². The minimum absolute atomic E-state index is 0.0652. The molecule has 1 rings (SSSR count). The normalized spacial score (nSPS) is 9.57. The Labute approximate surface area is 79.7 Å². The average molecular weight is 197 g/mol. The fourth-order valence-corrected chi connectivity index (χ4v) is 0.870. The number of ether oxygens (including phenoxy) is 1. The third kappa shape index (κ3) is 2.62. The Morgan fingerprint density at radius 3 is 2.79 bits per heavy atom. The number of hydrogen-bond acceptors (Lipinski definition) is 4. The lowest BCUT2D eigenvalue weighted by Gasteiger charge is -1.98. The molecule has 4 nitrogen and oxygen atoms in total. The van der Waals surface area contributed by atoms with Crippen molar-refractivity contribution in [1.29, 1.82) is 0 Å². The maximum atomic E-state index is 12.6. The van der Waals surface area contributed by atoms with Crippen LogP contribution in [0.3, 0.4) is 0 Å².